The first kappa shape index (κ1) is 19.4. The maximum atomic E-state index is 12.0. The van der Waals surface area contributed by atoms with Crippen molar-refractivity contribution in [3.05, 3.63) is 89.5 Å². The Morgan fingerprint density at radius 1 is 0.929 bits per heavy atom. The Balaban J connectivity index is 1.56. The van der Waals surface area contributed by atoms with Crippen molar-refractivity contribution < 1.29 is 9.53 Å². The lowest BCUT2D eigenvalue weighted by Gasteiger charge is -2.09. The summed E-state index contributed by atoms with van der Waals surface area (Å²) in [7, 11) is 0. The summed E-state index contributed by atoms with van der Waals surface area (Å²) >= 11 is 0. The largest absolute Gasteiger partial charge is 0.483 e. The van der Waals surface area contributed by atoms with Gasteiger partial charge >= 0.3 is 0 Å². The van der Waals surface area contributed by atoms with E-state index in [4.69, 9.17) is 4.74 Å². The van der Waals surface area contributed by atoms with Gasteiger partial charge in [-0.05, 0) is 49.1 Å². The lowest BCUT2D eigenvalue weighted by molar-refractivity contribution is -0.123. The predicted molar refractivity (Wildman–Crippen MR) is 114 cm³/mol. The van der Waals surface area contributed by atoms with Gasteiger partial charge in [0.2, 0.25) is 0 Å². The number of aryl methyl sites for hydroxylation is 2. The van der Waals surface area contributed by atoms with Gasteiger partial charge in [0.25, 0.3) is 5.91 Å². The number of amides is 1. The molecule has 142 valence electrons. The minimum absolute atomic E-state index is 0.0758. The van der Waals surface area contributed by atoms with Gasteiger partial charge in [0.15, 0.2) is 6.61 Å². The predicted octanol–water partition coefficient (Wildman–Crippen LogP) is 4.89. The maximum Gasteiger partial charge on any atom is 0.277 e. The Hall–Kier alpha value is -3.40. The zero-order valence-corrected chi connectivity index (χ0v) is 16.4. The number of hydrogen-bond donors (Lipinski definition) is 1. The van der Waals surface area contributed by atoms with E-state index in [2.05, 4.69) is 34.8 Å². The van der Waals surface area contributed by atoms with Crippen molar-refractivity contribution in [1.29, 1.82) is 0 Å². The molecule has 0 aliphatic rings. The van der Waals surface area contributed by atoms with E-state index in [1.165, 1.54) is 5.56 Å². The molecule has 0 saturated carbocycles. The topological polar surface area (TPSA) is 50.7 Å². The molecule has 0 saturated heterocycles. The van der Waals surface area contributed by atoms with Crippen LogP contribution in [0.15, 0.2) is 77.9 Å². The maximum absolute atomic E-state index is 12.0. The zero-order chi connectivity index (χ0) is 19.9. The van der Waals surface area contributed by atoms with E-state index in [1.54, 1.807) is 0 Å². The fourth-order valence-electron chi connectivity index (χ4n) is 2.88. The number of benzene rings is 3. The molecule has 0 aromatic heterocycles. The minimum atomic E-state index is -0.291. The number of nitrogens with zero attached hydrogens (tertiary/aromatic N) is 1. The molecule has 3 rings (SSSR count). The molecule has 3 aromatic carbocycles. The quantitative estimate of drug-likeness (QED) is 0.495. The molecule has 28 heavy (non-hydrogen) atoms. The van der Waals surface area contributed by atoms with E-state index in [0.717, 1.165) is 28.0 Å². The average Bonchev–Trinajstić information content (AvgIpc) is 2.72. The number of carbonyl (C=O) groups excluding carboxylic acids is 1. The van der Waals surface area contributed by atoms with Gasteiger partial charge in [0.1, 0.15) is 5.75 Å². The van der Waals surface area contributed by atoms with E-state index in [9.17, 15) is 4.79 Å². The Morgan fingerprint density at radius 3 is 2.29 bits per heavy atom. The number of ether oxygens (including phenoxy) is 1. The summed E-state index contributed by atoms with van der Waals surface area (Å²) in [5, 5.41) is 4.18. The summed E-state index contributed by atoms with van der Waals surface area (Å²) in [5.41, 5.74) is 8.72. The molecule has 1 N–H and O–H groups in total. The van der Waals surface area contributed by atoms with Crippen molar-refractivity contribution in [2.24, 2.45) is 5.10 Å². The van der Waals surface area contributed by atoms with Crippen molar-refractivity contribution in [2.75, 3.05) is 6.61 Å². The van der Waals surface area contributed by atoms with Crippen LogP contribution in [0.2, 0.25) is 0 Å². The molecule has 0 aliphatic heterocycles. The van der Waals surface area contributed by atoms with Crippen LogP contribution in [0.3, 0.4) is 0 Å². The normalized spacial score (nSPS) is 11.2. The second-order valence-corrected chi connectivity index (χ2v) is 6.73. The van der Waals surface area contributed by atoms with Gasteiger partial charge in [0, 0.05) is 0 Å². The van der Waals surface area contributed by atoms with Crippen LogP contribution in [-0.4, -0.2) is 18.2 Å². The smallest absolute Gasteiger partial charge is 0.277 e. The summed E-state index contributed by atoms with van der Waals surface area (Å²) in [6, 6.07) is 24.1. The van der Waals surface area contributed by atoms with E-state index < -0.39 is 0 Å². The zero-order valence-electron chi connectivity index (χ0n) is 16.4. The molecule has 0 aliphatic carbocycles. The monoisotopic (exact) mass is 372 g/mol. The van der Waals surface area contributed by atoms with Crippen LogP contribution in [0.5, 0.6) is 5.75 Å². The third-order valence-electron chi connectivity index (χ3n) is 4.45. The molecule has 0 heterocycles. The fourth-order valence-corrected chi connectivity index (χ4v) is 2.88. The Kier molecular flexibility index (Phi) is 6.22. The molecule has 0 atom stereocenters. The van der Waals surface area contributed by atoms with Crippen molar-refractivity contribution in [3.8, 4) is 16.9 Å². The van der Waals surface area contributed by atoms with Crippen LogP contribution in [-0.2, 0) is 4.79 Å². The Morgan fingerprint density at radius 2 is 1.61 bits per heavy atom. The molecule has 0 spiro atoms. The summed E-state index contributed by atoms with van der Waals surface area (Å²) in [6.45, 7) is 5.77. The van der Waals surface area contributed by atoms with E-state index >= 15 is 0 Å². The molecular formula is C24H24N2O2. The molecule has 0 unspecified atom stereocenters. The van der Waals surface area contributed by atoms with Crippen molar-refractivity contribution in [3.63, 3.8) is 0 Å². The van der Waals surface area contributed by atoms with E-state index in [0.29, 0.717) is 5.75 Å². The molecular weight excluding hydrogens is 348 g/mol. The van der Waals surface area contributed by atoms with Crippen LogP contribution in [0, 0.1) is 13.8 Å². The number of rotatable bonds is 6. The first-order chi connectivity index (χ1) is 13.5. The number of nitrogens with one attached hydrogen (secondary N) is 1. The van der Waals surface area contributed by atoms with Crippen LogP contribution < -0.4 is 10.2 Å². The molecule has 0 bridgehead atoms. The molecule has 4 heteroatoms. The second kappa shape index (κ2) is 9.00. The van der Waals surface area contributed by atoms with Gasteiger partial charge in [0.05, 0.1) is 5.71 Å². The van der Waals surface area contributed by atoms with Crippen molar-refractivity contribution >= 4 is 11.6 Å². The average molecular weight is 372 g/mol. The second-order valence-electron chi connectivity index (χ2n) is 6.73. The van der Waals surface area contributed by atoms with Crippen LogP contribution in [0.1, 0.15) is 23.6 Å². The highest BCUT2D eigenvalue weighted by molar-refractivity contribution is 5.99. The van der Waals surface area contributed by atoms with Gasteiger partial charge < -0.3 is 4.74 Å². The lowest BCUT2D eigenvalue weighted by atomic mass is 10.0. The SMILES string of the molecule is CC(=NNC(=O)COc1ccc(C)cc1C)c1ccc(-c2ccccc2)cc1. The van der Waals surface area contributed by atoms with Crippen LogP contribution >= 0.6 is 0 Å². The highest BCUT2D eigenvalue weighted by Gasteiger charge is 2.05. The van der Waals surface area contributed by atoms with E-state index in [1.807, 2.05) is 69.3 Å². The van der Waals surface area contributed by atoms with Gasteiger partial charge in [-0.15, -0.1) is 0 Å². The van der Waals surface area contributed by atoms with Gasteiger partial charge in [-0.2, -0.15) is 5.10 Å². The minimum Gasteiger partial charge on any atom is -0.483 e. The van der Waals surface area contributed by atoms with E-state index in [-0.39, 0.29) is 12.5 Å². The molecule has 3 aromatic rings. The van der Waals surface area contributed by atoms with Gasteiger partial charge in [-0.3, -0.25) is 4.79 Å². The molecule has 0 radical (unpaired) electrons. The standard InChI is InChI=1S/C24H24N2O2/c1-17-9-14-23(18(2)15-17)28-16-24(27)26-25-19(3)20-10-12-22(13-11-20)21-7-5-4-6-8-21/h4-15H,16H2,1-3H3,(H,26,27). The van der Waals surface area contributed by atoms with Crippen molar-refractivity contribution in [2.45, 2.75) is 20.8 Å². The molecule has 4 nitrogen and oxygen atoms in total. The third kappa shape index (κ3) is 5.07. The third-order valence-corrected chi connectivity index (χ3v) is 4.45. The number of carbonyl (C=O) groups is 1. The highest BCUT2D eigenvalue weighted by Crippen LogP contribution is 2.20. The summed E-state index contributed by atoms with van der Waals surface area (Å²) in [5.74, 6) is 0.415. The number of hydrazone groups is 1. The Labute approximate surface area is 165 Å². The first-order valence-corrected chi connectivity index (χ1v) is 9.22. The molecule has 0 fully saturated rings. The molecule has 1 amide bonds. The Bertz CT molecular complexity index is 977. The number of hydrogen-bond acceptors (Lipinski definition) is 3. The summed E-state index contributed by atoms with van der Waals surface area (Å²) in [4.78, 5) is 12.0. The first-order valence-electron chi connectivity index (χ1n) is 9.22. The van der Waals surface area contributed by atoms with Gasteiger partial charge in [-0.25, -0.2) is 5.43 Å². The van der Waals surface area contributed by atoms with Crippen molar-refractivity contribution in [1.82, 2.24) is 5.43 Å². The van der Waals surface area contributed by atoms with Crippen LogP contribution in [0.4, 0.5) is 0 Å². The summed E-state index contributed by atoms with van der Waals surface area (Å²) in [6.07, 6.45) is 0. The van der Waals surface area contributed by atoms with Crippen LogP contribution in [0.25, 0.3) is 11.1 Å². The lowest BCUT2D eigenvalue weighted by Crippen LogP contribution is -2.25. The fraction of sp³-hybridized carbons (Fsp3) is 0.167. The highest BCUT2D eigenvalue weighted by atomic mass is 16.5. The van der Waals surface area contributed by atoms with Gasteiger partial charge in [-0.1, -0.05) is 72.3 Å². The summed E-state index contributed by atoms with van der Waals surface area (Å²) < 4.78 is 5.57.